The number of nitrogens with zero attached hydrogens (tertiary/aromatic N) is 2. The summed E-state index contributed by atoms with van der Waals surface area (Å²) >= 11 is 5.94. The SMILES string of the molecule is NNc1cc(Oc2ccccc2Cl)ncn1. The van der Waals surface area contributed by atoms with Gasteiger partial charge in [-0.1, -0.05) is 23.7 Å². The van der Waals surface area contributed by atoms with Crippen molar-refractivity contribution in [1.29, 1.82) is 0 Å². The standard InChI is InChI=1S/C10H9ClN4O/c11-7-3-1-2-4-8(7)16-10-5-9(15-12)13-6-14-10/h1-6H,12H2,(H,13,14,15). The fourth-order valence-corrected chi connectivity index (χ4v) is 1.29. The van der Waals surface area contributed by atoms with E-state index >= 15 is 0 Å². The Morgan fingerprint density at radius 3 is 2.81 bits per heavy atom. The quantitative estimate of drug-likeness (QED) is 0.631. The van der Waals surface area contributed by atoms with Crippen LogP contribution in [0.4, 0.5) is 5.82 Å². The first kappa shape index (κ1) is 10.7. The number of nitrogens with one attached hydrogen (secondary N) is 1. The van der Waals surface area contributed by atoms with Gasteiger partial charge >= 0.3 is 0 Å². The van der Waals surface area contributed by atoms with Gasteiger partial charge in [0, 0.05) is 6.07 Å². The highest BCUT2D eigenvalue weighted by Gasteiger charge is 2.03. The Hall–Kier alpha value is -1.85. The molecule has 2 aromatic rings. The molecule has 1 aromatic carbocycles. The van der Waals surface area contributed by atoms with Gasteiger partial charge in [-0.15, -0.1) is 0 Å². The molecule has 16 heavy (non-hydrogen) atoms. The highest BCUT2D eigenvalue weighted by atomic mass is 35.5. The number of anilines is 1. The fourth-order valence-electron chi connectivity index (χ4n) is 1.11. The third-order valence-corrected chi connectivity index (χ3v) is 2.15. The van der Waals surface area contributed by atoms with Crippen molar-refractivity contribution in [2.24, 2.45) is 5.84 Å². The minimum Gasteiger partial charge on any atom is -0.437 e. The van der Waals surface area contributed by atoms with E-state index in [1.54, 1.807) is 18.2 Å². The van der Waals surface area contributed by atoms with E-state index in [2.05, 4.69) is 15.4 Å². The van der Waals surface area contributed by atoms with Gasteiger partial charge in [0.05, 0.1) is 5.02 Å². The van der Waals surface area contributed by atoms with Gasteiger partial charge in [0.25, 0.3) is 0 Å². The van der Waals surface area contributed by atoms with Crippen molar-refractivity contribution in [2.75, 3.05) is 5.43 Å². The molecule has 0 saturated heterocycles. The minimum absolute atomic E-state index is 0.371. The molecule has 0 fully saturated rings. The highest BCUT2D eigenvalue weighted by molar-refractivity contribution is 6.32. The van der Waals surface area contributed by atoms with E-state index in [-0.39, 0.29) is 0 Å². The average molecular weight is 237 g/mol. The second-order valence-electron chi connectivity index (χ2n) is 2.92. The van der Waals surface area contributed by atoms with E-state index in [1.165, 1.54) is 6.33 Å². The van der Waals surface area contributed by atoms with E-state index in [0.29, 0.717) is 22.5 Å². The summed E-state index contributed by atoms with van der Waals surface area (Å²) < 4.78 is 5.47. The lowest BCUT2D eigenvalue weighted by molar-refractivity contribution is 0.462. The monoisotopic (exact) mass is 236 g/mol. The average Bonchev–Trinajstić information content (AvgIpc) is 2.32. The summed E-state index contributed by atoms with van der Waals surface area (Å²) in [6.07, 6.45) is 1.35. The van der Waals surface area contributed by atoms with Crippen LogP contribution in [0, 0.1) is 0 Å². The highest BCUT2D eigenvalue weighted by Crippen LogP contribution is 2.27. The lowest BCUT2D eigenvalue weighted by Gasteiger charge is -2.06. The summed E-state index contributed by atoms with van der Waals surface area (Å²) in [4.78, 5) is 7.80. The number of aromatic nitrogens is 2. The van der Waals surface area contributed by atoms with Gasteiger partial charge in [-0.05, 0) is 12.1 Å². The summed E-state index contributed by atoms with van der Waals surface area (Å²) in [5.41, 5.74) is 2.40. The smallest absolute Gasteiger partial charge is 0.224 e. The predicted molar refractivity (Wildman–Crippen MR) is 61.4 cm³/mol. The first-order valence-electron chi connectivity index (χ1n) is 4.50. The van der Waals surface area contributed by atoms with Crippen LogP contribution in [0.2, 0.25) is 5.02 Å². The second-order valence-corrected chi connectivity index (χ2v) is 3.33. The lowest BCUT2D eigenvalue weighted by atomic mass is 10.3. The normalized spacial score (nSPS) is 9.88. The molecule has 5 nitrogen and oxygen atoms in total. The number of hydrogen-bond acceptors (Lipinski definition) is 5. The van der Waals surface area contributed by atoms with E-state index in [9.17, 15) is 0 Å². The Balaban J connectivity index is 2.24. The zero-order chi connectivity index (χ0) is 11.4. The van der Waals surface area contributed by atoms with Gasteiger partial charge in [-0.25, -0.2) is 15.8 Å². The summed E-state index contributed by atoms with van der Waals surface area (Å²) in [7, 11) is 0. The van der Waals surface area contributed by atoms with Crippen LogP contribution in [0.1, 0.15) is 0 Å². The van der Waals surface area contributed by atoms with Gasteiger partial charge in [0.2, 0.25) is 5.88 Å². The van der Waals surface area contributed by atoms with Crippen LogP contribution in [-0.2, 0) is 0 Å². The Morgan fingerprint density at radius 2 is 2.06 bits per heavy atom. The number of ether oxygens (including phenoxy) is 1. The van der Waals surface area contributed by atoms with E-state index in [1.807, 2.05) is 12.1 Å². The number of halogens is 1. The third-order valence-electron chi connectivity index (χ3n) is 1.84. The maximum Gasteiger partial charge on any atom is 0.224 e. The second kappa shape index (κ2) is 4.78. The molecular formula is C10H9ClN4O. The number of rotatable bonds is 3. The number of hydrogen-bond donors (Lipinski definition) is 2. The molecule has 2 rings (SSSR count). The zero-order valence-corrected chi connectivity index (χ0v) is 8.98. The van der Waals surface area contributed by atoms with Crippen LogP contribution in [0.5, 0.6) is 11.6 Å². The van der Waals surface area contributed by atoms with Crippen molar-refractivity contribution in [3.63, 3.8) is 0 Å². The molecule has 0 atom stereocenters. The van der Waals surface area contributed by atoms with Gasteiger partial charge < -0.3 is 10.2 Å². The zero-order valence-electron chi connectivity index (χ0n) is 8.22. The molecule has 3 N–H and O–H groups in total. The summed E-state index contributed by atoms with van der Waals surface area (Å²) in [6.45, 7) is 0. The number of benzene rings is 1. The van der Waals surface area contributed by atoms with Crippen LogP contribution in [0.25, 0.3) is 0 Å². The number of nitrogen functional groups attached to an aromatic ring is 1. The first-order chi connectivity index (χ1) is 7.79. The number of para-hydroxylation sites is 1. The summed E-state index contributed by atoms with van der Waals surface area (Å²) in [5, 5.41) is 0.517. The van der Waals surface area contributed by atoms with Crippen LogP contribution in [0.15, 0.2) is 36.7 Å². The fraction of sp³-hybridized carbons (Fsp3) is 0. The van der Waals surface area contributed by atoms with Gasteiger partial charge in [0.1, 0.15) is 17.9 Å². The molecule has 0 unspecified atom stereocenters. The molecule has 0 saturated carbocycles. The Labute approximate surface area is 97.2 Å². The summed E-state index contributed by atoms with van der Waals surface area (Å²) in [5.74, 6) is 6.59. The molecule has 1 aromatic heterocycles. The molecule has 0 radical (unpaired) electrons. The third kappa shape index (κ3) is 2.39. The van der Waals surface area contributed by atoms with Crippen molar-refractivity contribution in [3.8, 4) is 11.6 Å². The predicted octanol–water partition coefficient (Wildman–Crippen LogP) is 2.21. The van der Waals surface area contributed by atoms with Gasteiger partial charge in [-0.3, -0.25) is 0 Å². The molecule has 0 aliphatic carbocycles. The van der Waals surface area contributed by atoms with E-state index in [0.717, 1.165) is 0 Å². The molecule has 0 aliphatic heterocycles. The van der Waals surface area contributed by atoms with Crippen molar-refractivity contribution in [2.45, 2.75) is 0 Å². The Bertz CT molecular complexity index is 492. The molecule has 0 bridgehead atoms. The molecule has 0 amide bonds. The lowest BCUT2D eigenvalue weighted by Crippen LogP contribution is -2.08. The Kier molecular flexibility index (Phi) is 3.19. The van der Waals surface area contributed by atoms with Gasteiger partial charge in [-0.2, -0.15) is 0 Å². The molecule has 1 heterocycles. The molecule has 82 valence electrons. The van der Waals surface area contributed by atoms with Crippen molar-refractivity contribution >= 4 is 17.4 Å². The van der Waals surface area contributed by atoms with Crippen LogP contribution < -0.4 is 16.0 Å². The summed E-state index contributed by atoms with van der Waals surface area (Å²) in [6, 6.07) is 8.70. The molecule has 6 heteroatoms. The number of hydrazine groups is 1. The topological polar surface area (TPSA) is 73.1 Å². The number of nitrogens with two attached hydrogens (primary N) is 1. The van der Waals surface area contributed by atoms with E-state index < -0.39 is 0 Å². The van der Waals surface area contributed by atoms with Crippen LogP contribution >= 0.6 is 11.6 Å². The first-order valence-corrected chi connectivity index (χ1v) is 4.88. The Morgan fingerprint density at radius 1 is 1.25 bits per heavy atom. The molecular weight excluding hydrogens is 228 g/mol. The molecule has 0 spiro atoms. The van der Waals surface area contributed by atoms with Crippen molar-refractivity contribution < 1.29 is 4.74 Å². The maximum absolute atomic E-state index is 5.94. The minimum atomic E-state index is 0.371. The van der Waals surface area contributed by atoms with Crippen molar-refractivity contribution in [1.82, 2.24) is 9.97 Å². The van der Waals surface area contributed by atoms with Gasteiger partial charge in [0.15, 0.2) is 0 Å². The van der Waals surface area contributed by atoms with Crippen LogP contribution in [0.3, 0.4) is 0 Å². The molecule has 0 aliphatic rings. The largest absolute Gasteiger partial charge is 0.437 e. The van der Waals surface area contributed by atoms with Crippen LogP contribution in [-0.4, -0.2) is 9.97 Å². The van der Waals surface area contributed by atoms with E-state index in [4.69, 9.17) is 22.2 Å². The van der Waals surface area contributed by atoms with Crippen molar-refractivity contribution in [3.05, 3.63) is 41.7 Å². The maximum atomic E-state index is 5.94.